The summed E-state index contributed by atoms with van der Waals surface area (Å²) in [5, 5.41) is 19.0. The number of carboxylic acid groups (broad SMARTS) is 2. The number of fused-ring (bicyclic) bond motifs is 2. The summed E-state index contributed by atoms with van der Waals surface area (Å²) in [7, 11) is 0. The van der Waals surface area contributed by atoms with Crippen molar-refractivity contribution < 1.29 is 24.4 Å². The Morgan fingerprint density at radius 2 is 1.51 bits per heavy atom. The Morgan fingerprint density at radius 3 is 2.15 bits per heavy atom. The Labute approximate surface area is 243 Å². The van der Waals surface area contributed by atoms with E-state index in [-0.39, 0.29) is 23.7 Å². The number of hydrogen-bond donors (Lipinski definition) is 2. The number of anilines is 1. The molecule has 0 fully saturated rings. The Hall–Kier alpha value is -4.19. The van der Waals surface area contributed by atoms with Crippen LogP contribution in [0, 0.1) is 13.8 Å². The summed E-state index contributed by atoms with van der Waals surface area (Å²) in [6, 6.07) is 12.7. The summed E-state index contributed by atoms with van der Waals surface area (Å²) in [6.45, 7) is 17.3. The van der Waals surface area contributed by atoms with E-state index >= 15 is 0 Å². The minimum atomic E-state index is -0.838. The third-order valence-electron chi connectivity index (χ3n) is 8.50. The average Bonchev–Trinajstić information content (AvgIpc) is 3.26. The SMILES string of the molecule is C=CCC1(C)C(/C=C/C=C2\N(CCC(=O)O)c3ccc(C)cc3C2(C)CC=C)=[N+](CCC(=O)O)c2ccc(C)cc21. The number of carbonyl (C=O) groups is 2. The van der Waals surface area contributed by atoms with E-state index in [2.05, 4.69) is 98.9 Å². The highest BCUT2D eigenvalue weighted by atomic mass is 16.4. The zero-order valence-electron chi connectivity index (χ0n) is 24.6. The number of carboxylic acids is 2. The first-order chi connectivity index (χ1) is 19.5. The van der Waals surface area contributed by atoms with Crippen molar-refractivity contribution in [1.29, 1.82) is 0 Å². The molecule has 2 atom stereocenters. The molecule has 2 aliphatic heterocycles. The largest absolute Gasteiger partial charge is 0.481 e. The predicted molar refractivity (Wildman–Crippen MR) is 166 cm³/mol. The first kappa shape index (κ1) is 29.8. The maximum Gasteiger partial charge on any atom is 0.309 e. The lowest BCUT2D eigenvalue weighted by Crippen LogP contribution is -2.31. The summed E-state index contributed by atoms with van der Waals surface area (Å²) in [6.07, 6.45) is 11.5. The number of nitrogens with zero attached hydrogens (tertiary/aromatic N) is 2. The van der Waals surface area contributed by atoms with Crippen LogP contribution >= 0.6 is 0 Å². The molecular weight excluding hydrogens is 512 g/mol. The molecule has 2 aromatic rings. The van der Waals surface area contributed by atoms with Crippen LogP contribution in [0.4, 0.5) is 11.4 Å². The first-order valence-corrected chi connectivity index (χ1v) is 14.1. The Kier molecular flexibility index (Phi) is 8.52. The molecule has 0 saturated heterocycles. The fraction of sp³-hybridized carbons (Fsp3) is 0.343. The molecule has 2 unspecified atom stereocenters. The molecule has 4 rings (SSSR count). The van der Waals surface area contributed by atoms with Gasteiger partial charge in [0.25, 0.3) is 0 Å². The van der Waals surface area contributed by atoms with Crippen molar-refractivity contribution in [3.8, 4) is 0 Å². The van der Waals surface area contributed by atoms with Crippen molar-refractivity contribution in [2.45, 2.75) is 64.2 Å². The fourth-order valence-electron chi connectivity index (χ4n) is 6.47. The Bertz CT molecular complexity index is 1500. The lowest BCUT2D eigenvalue weighted by molar-refractivity contribution is -0.436. The second-order valence-electron chi connectivity index (χ2n) is 11.6. The molecule has 6 nitrogen and oxygen atoms in total. The van der Waals surface area contributed by atoms with Gasteiger partial charge in [0, 0.05) is 41.1 Å². The smallest absolute Gasteiger partial charge is 0.309 e. The van der Waals surface area contributed by atoms with Crippen LogP contribution in [0.2, 0.25) is 0 Å². The van der Waals surface area contributed by atoms with Crippen molar-refractivity contribution >= 4 is 29.0 Å². The highest BCUT2D eigenvalue weighted by Crippen LogP contribution is 2.50. The highest BCUT2D eigenvalue weighted by molar-refractivity contribution is 6.03. The molecule has 214 valence electrons. The van der Waals surface area contributed by atoms with E-state index in [1.54, 1.807) is 0 Å². The van der Waals surface area contributed by atoms with Gasteiger partial charge in [0.2, 0.25) is 5.69 Å². The number of allylic oxidation sites excluding steroid dienone is 6. The molecule has 0 aliphatic carbocycles. The molecule has 2 aliphatic rings. The van der Waals surface area contributed by atoms with E-state index in [0.717, 1.165) is 33.9 Å². The lowest BCUT2D eigenvalue weighted by Gasteiger charge is -2.29. The van der Waals surface area contributed by atoms with E-state index in [1.807, 2.05) is 18.2 Å². The lowest BCUT2D eigenvalue weighted by atomic mass is 9.76. The van der Waals surface area contributed by atoms with Crippen molar-refractivity contribution in [1.82, 2.24) is 0 Å². The van der Waals surface area contributed by atoms with Crippen LogP contribution in [-0.4, -0.2) is 45.5 Å². The molecular formula is C35H41N2O4+. The summed E-state index contributed by atoms with van der Waals surface area (Å²) < 4.78 is 2.12. The van der Waals surface area contributed by atoms with Gasteiger partial charge in [-0.3, -0.25) is 9.59 Å². The second-order valence-corrected chi connectivity index (χ2v) is 11.6. The van der Waals surface area contributed by atoms with Crippen LogP contribution in [-0.2, 0) is 20.4 Å². The summed E-state index contributed by atoms with van der Waals surface area (Å²) >= 11 is 0. The molecule has 0 saturated carbocycles. The normalized spacial score (nSPS) is 22.3. The van der Waals surface area contributed by atoms with Crippen LogP contribution in [0.25, 0.3) is 0 Å². The number of aliphatic carboxylic acids is 2. The summed E-state index contributed by atoms with van der Waals surface area (Å²) in [4.78, 5) is 25.3. The molecule has 2 aromatic carbocycles. The van der Waals surface area contributed by atoms with Gasteiger partial charge in [-0.1, -0.05) is 47.6 Å². The molecule has 0 aromatic heterocycles. The molecule has 2 heterocycles. The Morgan fingerprint density at radius 1 is 0.902 bits per heavy atom. The third-order valence-corrected chi connectivity index (χ3v) is 8.50. The van der Waals surface area contributed by atoms with Gasteiger partial charge >= 0.3 is 11.9 Å². The van der Waals surface area contributed by atoms with Gasteiger partial charge in [-0.05, 0) is 64.3 Å². The summed E-state index contributed by atoms with van der Waals surface area (Å²) in [5.41, 5.74) is 7.97. The molecule has 0 radical (unpaired) electrons. The number of aryl methyl sites for hydroxylation is 2. The van der Waals surface area contributed by atoms with E-state index in [0.29, 0.717) is 25.9 Å². The molecule has 0 amide bonds. The van der Waals surface area contributed by atoms with Crippen molar-refractivity contribution in [2.75, 3.05) is 18.0 Å². The number of hydrogen-bond acceptors (Lipinski definition) is 3. The molecule has 0 spiro atoms. The quantitative estimate of drug-likeness (QED) is 0.219. The average molecular weight is 554 g/mol. The minimum Gasteiger partial charge on any atom is -0.481 e. The second kappa shape index (κ2) is 11.7. The summed E-state index contributed by atoms with van der Waals surface area (Å²) in [5.74, 6) is -1.68. The van der Waals surface area contributed by atoms with Gasteiger partial charge in [-0.2, -0.15) is 4.58 Å². The topological polar surface area (TPSA) is 80.9 Å². The monoisotopic (exact) mass is 553 g/mol. The van der Waals surface area contributed by atoms with Gasteiger partial charge < -0.3 is 15.1 Å². The zero-order valence-corrected chi connectivity index (χ0v) is 24.6. The molecule has 0 bridgehead atoms. The molecule has 2 N–H and O–H groups in total. The Balaban J connectivity index is 1.86. The van der Waals surface area contributed by atoms with Crippen LogP contribution in [0.3, 0.4) is 0 Å². The zero-order chi connectivity index (χ0) is 29.9. The van der Waals surface area contributed by atoms with Gasteiger partial charge in [-0.15, -0.1) is 13.2 Å². The van der Waals surface area contributed by atoms with E-state index in [4.69, 9.17) is 0 Å². The van der Waals surface area contributed by atoms with Crippen molar-refractivity contribution in [3.05, 3.63) is 108 Å². The maximum absolute atomic E-state index is 11.6. The highest BCUT2D eigenvalue weighted by Gasteiger charge is 2.47. The number of rotatable bonds is 12. The van der Waals surface area contributed by atoms with Gasteiger partial charge in [0.1, 0.15) is 6.42 Å². The maximum atomic E-state index is 11.6. The minimum absolute atomic E-state index is 0.0188. The fourth-order valence-corrected chi connectivity index (χ4v) is 6.47. The van der Waals surface area contributed by atoms with Crippen molar-refractivity contribution in [3.63, 3.8) is 0 Å². The number of benzene rings is 2. The van der Waals surface area contributed by atoms with E-state index < -0.39 is 11.9 Å². The third kappa shape index (κ3) is 5.56. The van der Waals surface area contributed by atoms with Crippen molar-refractivity contribution in [2.24, 2.45) is 0 Å². The first-order valence-electron chi connectivity index (χ1n) is 14.1. The van der Waals surface area contributed by atoms with Crippen LogP contribution in [0.1, 0.15) is 61.8 Å². The standard InChI is InChI=1S/C35H40N2O4/c1-7-18-34(5)26-22-24(3)12-14-28(26)36(20-16-32(38)39)30(34)10-9-11-31-35(6,19-8-2)27-23-25(4)13-15-29(27)37(31)21-17-33(40)41/h7-15,22-23H,1-2,16-21H2,3-6H3,(H-,38,39,40,41)/p+1. The van der Waals surface area contributed by atoms with Gasteiger partial charge in [0.05, 0.1) is 11.8 Å². The van der Waals surface area contributed by atoms with E-state index in [1.165, 1.54) is 11.1 Å². The molecule has 41 heavy (non-hydrogen) atoms. The van der Waals surface area contributed by atoms with Gasteiger partial charge in [-0.25, -0.2) is 0 Å². The molecule has 6 heteroatoms. The van der Waals surface area contributed by atoms with E-state index in [9.17, 15) is 19.8 Å². The van der Waals surface area contributed by atoms with Crippen LogP contribution in [0.15, 0.2) is 85.6 Å². The predicted octanol–water partition coefficient (Wildman–Crippen LogP) is 6.98. The van der Waals surface area contributed by atoms with Crippen LogP contribution < -0.4 is 4.90 Å². The van der Waals surface area contributed by atoms with Crippen LogP contribution in [0.5, 0.6) is 0 Å². The van der Waals surface area contributed by atoms with Gasteiger partial charge in [0.15, 0.2) is 12.3 Å².